The topological polar surface area (TPSA) is 0 Å². The fourth-order valence-electron chi connectivity index (χ4n) is 6.07. The summed E-state index contributed by atoms with van der Waals surface area (Å²) in [5, 5.41) is 8.34. The predicted octanol–water partition coefficient (Wildman–Crippen LogP) is 8.34. The van der Waals surface area contributed by atoms with Crippen molar-refractivity contribution in [2.24, 2.45) is 0 Å². The minimum atomic E-state index is -1.76. The van der Waals surface area contributed by atoms with Crippen molar-refractivity contribution in [3.63, 3.8) is 0 Å². The SMILES string of the molecule is c1ccc([P+]2(c3ccccc3)Cc3ccc4ccccc4c3-c3c(ccc4ccccc34)C2)cc1. The highest BCUT2D eigenvalue weighted by Gasteiger charge is 2.46. The second-order valence-electron chi connectivity index (χ2n) is 9.60. The Morgan fingerprint density at radius 3 is 1.23 bits per heavy atom. The Labute approximate surface area is 207 Å². The first-order valence-corrected chi connectivity index (χ1v) is 14.5. The van der Waals surface area contributed by atoms with E-state index < -0.39 is 7.26 Å². The average molecular weight is 466 g/mol. The van der Waals surface area contributed by atoms with Crippen molar-refractivity contribution in [3.05, 3.63) is 145 Å². The van der Waals surface area contributed by atoms with Crippen LogP contribution >= 0.6 is 7.26 Å². The maximum absolute atomic E-state index is 2.41. The Bertz CT molecular complexity index is 1550. The highest BCUT2D eigenvalue weighted by Crippen LogP contribution is 2.65. The molecule has 0 bridgehead atoms. The van der Waals surface area contributed by atoms with Gasteiger partial charge >= 0.3 is 0 Å². The normalized spacial score (nSPS) is 14.3. The zero-order valence-electron chi connectivity index (χ0n) is 19.6. The third kappa shape index (κ3) is 3.25. The molecule has 0 amide bonds. The summed E-state index contributed by atoms with van der Waals surface area (Å²) in [6, 6.07) is 49.9. The van der Waals surface area contributed by atoms with E-state index in [0.29, 0.717) is 0 Å². The number of hydrogen-bond acceptors (Lipinski definition) is 0. The molecule has 0 aromatic heterocycles. The van der Waals surface area contributed by atoms with E-state index in [1.807, 2.05) is 0 Å². The first-order chi connectivity index (χ1) is 17.3. The minimum Gasteiger partial charge on any atom is -0.0620 e. The van der Waals surface area contributed by atoms with Crippen LogP contribution in [-0.2, 0) is 12.3 Å². The lowest BCUT2D eigenvalue weighted by atomic mass is 9.88. The second-order valence-corrected chi connectivity index (χ2v) is 13.2. The van der Waals surface area contributed by atoms with Gasteiger partial charge in [-0.05, 0) is 68.1 Å². The van der Waals surface area contributed by atoms with Crippen molar-refractivity contribution < 1.29 is 0 Å². The van der Waals surface area contributed by atoms with Gasteiger partial charge in [0.25, 0.3) is 0 Å². The summed E-state index contributed by atoms with van der Waals surface area (Å²) in [6.07, 6.45) is 2.15. The molecule has 0 N–H and O–H groups in total. The number of fused-ring (bicyclic) bond motifs is 7. The van der Waals surface area contributed by atoms with E-state index in [1.165, 1.54) is 54.4 Å². The highest BCUT2D eigenvalue weighted by atomic mass is 31.2. The number of rotatable bonds is 2. The minimum absolute atomic E-state index is 1.07. The Kier molecular flexibility index (Phi) is 4.83. The molecular weight excluding hydrogens is 439 g/mol. The molecule has 35 heavy (non-hydrogen) atoms. The van der Waals surface area contributed by atoms with Crippen LogP contribution in [0.4, 0.5) is 0 Å². The van der Waals surface area contributed by atoms with Gasteiger partial charge in [-0.1, -0.05) is 109 Å². The van der Waals surface area contributed by atoms with E-state index in [-0.39, 0.29) is 0 Å². The number of benzene rings is 6. The van der Waals surface area contributed by atoms with Crippen LogP contribution in [0.2, 0.25) is 0 Å². The largest absolute Gasteiger partial charge is 0.0999 e. The summed E-state index contributed by atoms with van der Waals surface area (Å²) >= 11 is 0. The maximum atomic E-state index is 2.41. The van der Waals surface area contributed by atoms with Crippen molar-refractivity contribution in [3.8, 4) is 11.1 Å². The van der Waals surface area contributed by atoms with E-state index in [9.17, 15) is 0 Å². The van der Waals surface area contributed by atoms with Crippen molar-refractivity contribution in [2.45, 2.75) is 12.3 Å². The first-order valence-electron chi connectivity index (χ1n) is 12.3. The van der Waals surface area contributed by atoms with Gasteiger partial charge in [0.15, 0.2) is 0 Å². The predicted molar refractivity (Wildman–Crippen MR) is 153 cm³/mol. The van der Waals surface area contributed by atoms with Crippen molar-refractivity contribution in [1.29, 1.82) is 0 Å². The third-order valence-electron chi connectivity index (χ3n) is 7.66. The van der Waals surface area contributed by atoms with Gasteiger partial charge in [0.05, 0.1) is 30.2 Å². The summed E-state index contributed by atoms with van der Waals surface area (Å²) in [5.41, 5.74) is 5.81. The van der Waals surface area contributed by atoms with Crippen molar-refractivity contribution in [1.82, 2.24) is 0 Å². The molecular formula is C34H26P+. The van der Waals surface area contributed by atoms with E-state index in [4.69, 9.17) is 0 Å². The fourth-order valence-corrected chi connectivity index (χ4v) is 10.4. The molecule has 6 aromatic rings. The lowest BCUT2D eigenvalue weighted by Gasteiger charge is -2.27. The Morgan fingerprint density at radius 2 is 0.771 bits per heavy atom. The zero-order chi connectivity index (χ0) is 23.2. The lowest BCUT2D eigenvalue weighted by molar-refractivity contribution is 1.37. The molecule has 0 unspecified atom stereocenters. The average Bonchev–Trinajstić information content (AvgIpc) is 3.10. The summed E-state index contributed by atoms with van der Waals surface area (Å²) in [4.78, 5) is 0. The van der Waals surface area contributed by atoms with Gasteiger partial charge in [0, 0.05) is 0 Å². The maximum Gasteiger partial charge on any atom is 0.0999 e. The van der Waals surface area contributed by atoms with Crippen LogP contribution < -0.4 is 10.6 Å². The van der Waals surface area contributed by atoms with E-state index in [1.54, 1.807) is 0 Å². The van der Waals surface area contributed by atoms with Crippen molar-refractivity contribution >= 4 is 39.4 Å². The van der Waals surface area contributed by atoms with Gasteiger partial charge in [0.1, 0.15) is 0 Å². The van der Waals surface area contributed by atoms with Crippen LogP contribution in [0, 0.1) is 0 Å². The molecule has 0 radical (unpaired) electrons. The van der Waals surface area contributed by atoms with E-state index in [0.717, 1.165) is 12.3 Å². The van der Waals surface area contributed by atoms with Crippen LogP contribution in [0.25, 0.3) is 32.7 Å². The molecule has 7 rings (SSSR count). The molecule has 0 saturated carbocycles. The molecule has 0 spiro atoms. The molecule has 1 heterocycles. The van der Waals surface area contributed by atoms with Gasteiger partial charge in [-0.3, -0.25) is 0 Å². The molecule has 0 saturated heterocycles. The fraction of sp³-hybridized carbons (Fsp3) is 0.0588. The molecule has 0 nitrogen and oxygen atoms in total. The Balaban J connectivity index is 1.64. The molecule has 1 aliphatic rings. The smallest absolute Gasteiger partial charge is 0.0620 e. The van der Waals surface area contributed by atoms with Crippen molar-refractivity contribution in [2.75, 3.05) is 0 Å². The second kappa shape index (κ2) is 8.19. The molecule has 6 aromatic carbocycles. The lowest BCUT2D eigenvalue weighted by Crippen LogP contribution is -2.25. The van der Waals surface area contributed by atoms with Gasteiger partial charge < -0.3 is 0 Å². The molecule has 0 fully saturated rings. The first kappa shape index (κ1) is 20.6. The summed E-state index contributed by atoms with van der Waals surface area (Å²) < 4.78 is 0. The molecule has 166 valence electrons. The highest BCUT2D eigenvalue weighted by molar-refractivity contribution is 7.88. The Hall–Kier alpha value is -3.73. The summed E-state index contributed by atoms with van der Waals surface area (Å²) in [5.74, 6) is 0. The van der Waals surface area contributed by atoms with Gasteiger partial charge in [-0.15, -0.1) is 0 Å². The molecule has 1 heteroatoms. The molecule has 0 atom stereocenters. The van der Waals surface area contributed by atoms with Crippen LogP contribution in [0.1, 0.15) is 11.1 Å². The van der Waals surface area contributed by atoms with Gasteiger partial charge in [-0.2, -0.15) is 0 Å². The quantitative estimate of drug-likeness (QED) is 0.225. The standard InChI is InChI=1S/C34H26P/c1-3-13-29(14-4-1)35(30-15-5-2-6-16-30)23-27-21-19-25-11-7-9-17-31(25)33(27)34-28(24-35)22-20-26-12-8-10-18-32(26)34/h1-22H,23-24H2/q+1. The van der Waals surface area contributed by atoms with Gasteiger partial charge in [-0.25, -0.2) is 0 Å². The van der Waals surface area contributed by atoms with Crippen LogP contribution in [0.3, 0.4) is 0 Å². The van der Waals surface area contributed by atoms with Crippen LogP contribution in [-0.4, -0.2) is 0 Å². The number of hydrogen-bond donors (Lipinski definition) is 0. The zero-order valence-corrected chi connectivity index (χ0v) is 20.5. The third-order valence-corrected chi connectivity index (χ3v) is 12.0. The van der Waals surface area contributed by atoms with Gasteiger partial charge in [0.2, 0.25) is 0 Å². The summed E-state index contributed by atoms with van der Waals surface area (Å²) in [6.45, 7) is 0. The van der Waals surface area contributed by atoms with Crippen LogP contribution in [0.5, 0.6) is 0 Å². The molecule has 0 aliphatic carbocycles. The summed E-state index contributed by atoms with van der Waals surface area (Å²) in [7, 11) is -1.76. The van der Waals surface area contributed by atoms with E-state index >= 15 is 0 Å². The monoisotopic (exact) mass is 465 g/mol. The van der Waals surface area contributed by atoms with E-state index in [2.05, 4.69) is 133 Å². The molecule has 1 aliphatic heterocycles. The van der Waals surface area contributed by atoms with Crippen LogP contribution in [0.15, 0.2) is 133 Å². The Morgan fingerprint density at radius 1 is 0.371 bits per heavy atom.